The number of amides is 2. The lowest BCUT2D eigenvalue weighted by Gasteiger charge is -2.21. The monoisotopic (exact) mass is 372 g/mol. The van der Waals surface area contributed by atoms with Crippen LogP contribution in [-0.4, -0.2) is 18.4 Å². The number of hydrogen-bond donors (Lipinski definition) is 1. The van der Waals surface area contributed by atoms with Crippen molar-refractivity contribution in [3.05, 3.63) is 58.1 Å². The van der Waals surface area contributed by atoms with Gasteiger partial charge in [0.2, 0.25) is 11.8 Å². The molecule has 4 nitrogen and oxygen atoms in total. The second-order valence-corrected chi connectivity index (χ2v) is 5.69. The van der Waals surface area contributed by atoms with E-state index in [1.807, 2.05) is 0 Å². The number of hydrogen-bond acceptors (Lipinski definition) is 2. The highest BCUT2D eigenvalue weighted by molar-refractivity contribution is 6.35. The molecular weight excluding hydrogens is 361 g/mol. The Balaban J connectivity index is 2.24. The molecule has 0 radical (unpaired) electrons. The lowest BCUT2D eigenvalue weighted by molar-refractivity contribution is -0.120. The van der Waals surface area contributed by atoms with Crippen molar-refractivity contribution in [3.63, 3.8) is 0 Å². The third kappa shape index (κ3) is 4.21. The Kier molecular flexibility index (Phi) is 5.75. The molecule has 0 aliphatic heterocycles. The first-order valence-corrected chi connectivity index (χ1v) is 7.52. The summed E-state index contributed by atoms with van der Waals surface area (Å²) in [5.74, 6) is -3.26. The summed E-state index contributed by atoms with van der Waals surface area (Å²) in [5.41, 5.74) is -0.357. The zero-order valence-electron chi connectivity index (χ0n) is 12.4. The summed E-state index contributed by atoms with van der Waals surface area (Å²) in [5, 5.41) is 3.03. The van der Waals surface area contributed by atoms with Crippen molar-refractivity contribution >= 4 is 46.4 Å². The van der Waals surface area contributed by atoms with Gasteiger partial charge in [-0.05, 0) is 30.3 Å². The van der Waals surface area contributed by atoms with Crippen molar-refractivity contribution in [3.8, 4) is 0 Å². The highest BCUT2D eigenvalue weighted by Crippen LogP contribution is 2.26. The van der Waals surface area contributed by atoms with Gasteiger partial charge in [-0.25, -0.2) is 8.78 Å². The molecule has 0 atom stereocenters. The van der Waals surface area contributed by atoms with E-state index in [4.69, 9.17) is 23.2 Å². The third-order valence-electron chi connectivity index (χ3n) is 3.09. The second-order valence-electron chi connectivity index (χ2n) is 4.85. The molecule has 0 heterocycles. The Morgan fingerprint density at radius 3 is 2.33 bits per heavy atom. The van der Waals surface area contributed by atoms with Gasteiger partial charge in [0.15, 0.2) is 0 Å². The summed E-state index contributed by atoms with van der Waals surface area (Å²) < 4.78 is 27.7. The van der Waals surface area contributed by atoms with E-state index in [0.717, 1.165) is 25.1 Å². The summed E-state index contributed by atoms with van der Waals surface area (Å²) in [6.07, 6.45) is 0. The van der Waals surface area contributed by atoms with Crippen molar-refractivity contribution in [2.24, 2.45) is 0 Å². The Morgan fingerprint density at radius 1 is 1.12 bits per heavy atom. The van der Waals surface area contributed by atoms with E-state index in [1.54, 1.807) is 0 Å². The van der Waals surface area contributed by atoms with Crippen LogP contribution >= 0.6 is 23.2 Å². The summed E-state index contributed by atoms with van der Waals surface area (Å²) in [6, 6.07) is 7.61. The molecule has 2 aromatic carbocycles. The number of para-hydroxylation sites is 1. The molecule has 0 aliphatic carbocycles. The fourth-order valence-electron chi connectivity index (χ4n) is 2.02. The van der Waals surface area contributed by atoms with Gasteiger partial charge in [0.25, 0.3) is 0 Å². The topological polar surface area (TPSA) is 49.4 Å². The maximum atomic E-state index is 13.9. The fourth-order valence-corrected chi connectivity index (χ4v) is 2.36. The van der Waals surface area contributed by atoms with Crippen molar-refractivity contribution in [1.82, 2.24) is 0 Å². The predicted molar refractivity (Wildman–Crippen MR) is 89.5 cm³/mol. The Bertz CT molecular complexity index is 779. The van der Waals surface area contributed by atoms with Gasteiger partial charge in [-0.3, -0.25) is 14.5 Å². The molecule has 0 unspecified atom stereocenters. The SMILES string of the molecule is CC(=O)N(CC(=O)Nc1cc(Cl)ccc1Cl)c1c(F)cccc1F. The molecule has 0 spiro atoms. The molecule has 126 valence electrons. The fraction of sp³-hybridized carbons (Fsp3) is 0.125. The molecule has 0 aliphatic rings. The van der Waals surface area contributed by atoms with Crippen LogP contribution in [0.4, 0.5) is 20.2 Å². The maximum absolute atomic E-state index is 13.9. The van der Waals surface area contributed by atoms with E-state index >= 15 is 0 Å². The highest BCUT2D eigenvalue weighted by Gasteiger charge is 2.23. The normalized spacial score (nSPS) is 10.4. The lowest BCUT2D eigenvalue weighted by atomic mass is 10.2. The van der Waals surface area contributed by atoms with Crippen LogP contribution in [0.2, 0.25) is 10.0 Å². The average Bonchev–Trinajstić information content (AvgIpc) is 2.49. The molecule has 0 saturated carbocycles. The van der Waals surface area contributed by atoms with Gasteiger partial charge in [0.1, 0.15) is 23.9 Å². The van der Waals surface area contributed by atoms with Crippen molar-refractivity contribution in [1.29, 1.82) is 0 Å². The molecular formula is C16H12Cl2F2N2O2. The zero-order valence-corrected chi connectivity index (χ0v) is 14.0. The van der Waals surface area contributed by atoms with E-state index in [1.165, 1.54) is 18.2 Å². The zero-order chi connectivity index (χ0) is 17.9. The molecule has 1 N–H and O–H groups in total. The summed E-state index contributed by atoms with van der Waals surface area (Å²) in [7, 11) is 0. The maximum Gasteiger partial charge on any atom is 0.244 e. The van der Waals surface area contributed by atoms with E-state index in [-0.39, 0.29) is 10.7 Å². The molecule has 24 heavy (non-hydrogen) atoms. The van der Waals surface area contributed by atoms with Crippen LogP contribution in [-0.2, 0) is 9.59 Å². The molecule has 2 aromatic rings. The Labute approximate surface area is 147 Å². The number of rotatable bonds is 4. The first-order valence-electron chi connectivity index (χ1n) is 6.76. The quantitative estimate of drug-likeness (QED) is 0.871. The molecule has 0 bridgehead atoms. The first kappa shape index (κ1) is 18.2. The number of benzene rings is 2. The molecule has 0 fully saturated rings. The van der Waals surface area contributed by atoms with Gasteiger partial charge in [-0.15, -0.1) is 0 Å². The van der Waals surface area contributed by atoms with Gasteiger partial charge in [0.05, 0.1) is 10.7 Å². The van der Waals surface area contributed by atoms with Crippen LogP contribution in [0, 0.1) is 11.6 Å². The number of anilines is 2. The molecule has 0 saturated heterocycles. The third-order valence-corrected chi connectivity index (χ3v) is 3.66. The Hall–Kier alpha value is -2.18. The van der Waals surface area contributed by atoms with E-state index in [2.05, 4.69) is 5.32 Å². The average molecular weight is 373 g/mol. The molecule has 2 amide bonds. The minimum absolute atomic E-state index is 0.228. The van der Waals surface area contributed by atoms with Crippen LogP contribution in [0.1, 0.15) is 6.92 Å². The second kappa shape index (κ2) is 7.59. The van der Waals surface area contributed by atoms with Crippen LogP contribution < -0.4 is 10.2 Å². The minimum Gasteiger partial charge on any atom is -0.323 e. The van der Waals surface area contributed by atoms with E-state index in [0.29, 0.717) is 9.92 Å². The first-order chi connectivity index (χ1) is 11.3. The molecule has 8 heteroatoms. The predicted octanol–water partition coefficient (Wildman–Crippen LogP) is 4.26. The van der Waals surface area contributed by atoms with Gasteiger partial charge in [-0.1, -0.05) is 29.3 Å². The lowest BCUT2D eigenvalue weighted by Crippen LogP contribution is -2.37. The Morgan fingerprint density at radius 2 is 1.75 bits per heavy atom. The number of carbonyl (C=O) groups excluding carboxylic acids is 2. The number of carbonyl (C=O) groups is 2. The van der Waals surface area contributed by atoms with E-state index in [9.17, 15) is 18.4 Å². The summed E-state index contributed by atoms with van der Waals surface area (Å²) in [6.45, 7) is 0.515. The number of nitrogens with one attached hydrogen (secondary N) is 1. The summed E-state index contributed by atoms with van der Waals surface area (Å²) in [4.78, 5) is 24.6. The standard InChI is InChI=1S/C16H12Cl2F2N2O2/c1-9(23)22(16-12(19)3-2-4-13(16)20)8-15(24)21-14-7-10(17)5-6-11(14)18/h2-7H,8H2,1H3,(H,21,24). The number of nitrogens with zero attached hydrogens (tertiary/aromatic N) is 1. The van der Waals surface area contributed by atoms with Crippen LogP contribution in [0.3, 0.4) is 0 Å². The van der Waals surface area contributed by atoms with Crippen molar-refractivity contribution in [2.45, 2.75) is 6.92 Å². The van der Waals surface area contributed by atoms with Gasteiger partial charge in [-0.2, -0.15) is 0 Å². The van der Waals surface area contributed by atoms with Crippen molar-refractivity contribution < 1.29 is 18.4 Å². The largest absolute Gasteiger partial charge is 0.323 e. The van der Waals surface area contributed by atoms with E-state index < -0.39 is 35.7 Å². The van der Waals surface area contributed by atoms with Crippen LogP contribution in [0.5, 0.6) is 0 Å². The molecule has 0 aromatic heterocycles. The van der Waals surface area contributed by atoms with Gasteiger partial charge < -0.3 is 5.32 Å². The van der Waals surface area contributed by atoms with Crippen molar-refractivity contribution in [2.75, 3.05) is 16.8 Å². The number of halogens is 4. The van der Waals surface area contributed by atoms with Crippen LogP contribution in [0.25, 0.3) is 0 Å². The van der Waals surface area contributed by atoms with Gasteiger partial charge in [0, 0.05) is 11.9 Å². The van der Waals surface area contributed by atoms with Crippen LogP contribution in [0.15, 0.2) is 36.4 Å². The molecule has 2 rings (SSSR count). The smallest absolute Gasteiger partial charge is 0.244 e. The minimum atomic E-state index is -0.946. The highest BCUT2D eigenvalue weighted by atomic mass is 35.5. The van der Waals surface area contributed by atoms with Gasteiger partial charge >= 0.3 is 0 Å². The summed E-state index contributed by atoms with van der Waals surface area (Å²) >= 11 is 11.8.